The van der Waals surface area contributed by atoms with Gasteiger partial charge in [-0.25, -0.2) is 0 Å². The second-order valence-electron chi connectivity index (χ2n) is 4.33. The SMILES string of the molecule is CC(C)N[C@H]1CC(C)(C)C1=O. The molecule has 0 heterocycles. The number of carbonyl (C=O) groups is 1. The van der Waals surface area contributed by atoms with Crippen LogP contribution in [0.5, 0.6) is 0 Å². The smallest absolute Gasteiger partial charge is 0.155 e. The van der Waals surface area contributed by atoms with Gasteiger partial charge in [-0.3, -0.25) is 4.79 Å². The van der Waals surface area contributed by atoms with Gasteiger partial charge in [0.1, 0.15) is 0 Å². The first-order chi connectivity index (χ1) is 4.93. The third-order valence-corrected chi connectivity index (χ3v) is 2.23. The van der Waals surface area contributed by atoms with E-state index < -0.39 is 0 Å². The van der Waals surface area contributed by atoms with Gasteiger partial charge >= 0.3 is 0 Å². The summed E-state index contributed by atoms with van der Waals surface area (Å²) in [6.45, 7) is 8.15. The maximum absolute atomic E-state index is 11.4. The van der Waals surface area contributed by atoms with Crippen LogP contribution in [0.3, 0.4) is 0 Å². The molecule has 0 radical (unpaired) electrons. The van der Waals surface area contributed by atoms with Gasteiger partial charge in [-0.2, -0.15) is 0 Å². The molecule has 0 aromatic heterocycles. The van der Waals surface area contributed by atoms with E-state index in [-0.39, 0.29) is 11.5 Å². The summed E-state index contributed by atoms with van der Waals surface area (Å²) in [6, 6.07) is 0.546. The van der Waals surface area contributed by atoms with Crippen LogP contribution in [0.1, 0.15) is 34.1 Å². The normalized spacial score (nSPS) is 28.8. The first-order valence-electron chi connectivity index (χ1n) is 4.24. The molecule has 0 aliphatic heterocycles. The number of hydrogen-bond acceptors (Lipinski definition) is 2. The molecule has 1 atom stereocenters. The Balaban J connectivity index is 2.40. The van der Waals surface area contributed by atoms with Gasteiger partial charge in [0, 0.05) is 11.5 Å². The van der Waals surface area contributed by atoms with Crippen molar-refractivity contribution in [1.29, 1.82) is 0 Å². The second-order valence-corrected chi connectivity index (χ2v) is 4.33. The molecule has 2 nitrogen and oxygen atoms in total. The highest BCUT2D eigenvalue weighted by molar-refractivity contribution is 5.95. The molecular weight excluding hydrogens is 138 g/mol. The molecule has 1 aliphatic rings. The third kappa shape index (κ3) is 1.62. The molecule has 1 N–H and O–H groups in total. The molecule has 2 heteroatoms. The van der Waals surface area contributed by atoms with E-state index in [0.717, 1.165) is 6.42 Å². The van der Waals surface area contributed by atoms with E-state index in [2.05, 4.69) is 19.2 Å². The summed E-state index contributed by atoms with van der Waals surface area (Å²) in [5.74, 6) is 0.367. The van der Waals surface area contributed by atoms with Gasteiger partial charge in [-0.15, -0.1) is 0 Å². The van der Waals surface area contributed by atoms with Gasteiger partial charge in [0.2, 0.25) is 0 Å². The highest BCUT2D eigenvalue weighted by Crippen LogP contribution is 2.36. The monoisotopic (exact) mass is 155 g/mol. The summed E-state index contributed by atoms with van der Waals surface area (Å²) < 4.78 is 0. The Labute approximate surface area is 68.4 Å². The lowest BCUT2D eigenvalue weighted by atomic mass is 9.67. The minimum absolute atomic E-state index is 0.0629. The Morgan fingerprint density at radius 1 is 1.55 bits per heavy atom. The second kappa shape index (κ2) is 2.59. The Kier molecular flexibility index (Phi) is 2.06. The lowest BCUT2D eigenvalue weighted by Gasteiger charge is -2.41. The maximum atomic E-state index is 11.4. The largest absolute Gasteiger partial charge is 0.305 e. The first-order valence-corrected chi connectivity index (χ1v) is 4.24. The quantitative estimate of drug-likeness (QED) is 0.652. The van der Waals surface area contributed by atoms with Crippen LogP contribution >= 0.6 is 0 Å². The fraction of sp³-hybridized carbons (Fsp3) is 0.889. The first kappa shape index (κ1) is 8.72. The van der Waals surface area contributed by atoms with Crippen molar-refractivity contribution in [2.45, 2.75) is 46.2 Å². The van der Waals surface area contributed by atoms with Crippen molar-refractivity contribution >= 4 is 5.78 Å². The van der Waals surface area contributed by atoms with Crippen molar-refractivity contribution in [1.82, 2.24) is 5.32 Å². The number of carbonyl (C=O) groups excluding carboxylic acids is 1. The Bertz CT molecular complexity index is 170. The average molecular weight is 155 g/mol. The number of Topliss-reactive ketones (excluding diaryl/α,β-unsaturated/α-hetero) is 1. The minimum Gasteiger partial charge on any atom is -0.305 e. The fourth-order valence-electron chi connectivity index (χ4n) is 1.58. The number of ketones is 1. The van der Waals surface area contributed by atoms with Crippen LogP contribution in [-0.2, 0) is 4.79 Å². The molecule has 1 saturated carbocycles. The summed E-state index contributed by atoms with van der Waals surface area (Å²) in [6.07, 6.45) is 0.990. The maximum Gasteiger partial charge on any atom is 0.155 e. The summed E-state index contributed by atoms with van der Waals surface area (Å²) in [7, 11) is 0. The van der Waals surface area contributed by atoms with E-state index in [1.54, 1.807) is 0 Å². The molecule has 0 unspecified atom stereocenters. The minimum atomic E-state index is -0.0629. The van der Waals surface area contributed by atoms with Gasteiger partial charge in [0.25, 0.3) is 0 Å². The van der Waals surface area contributed by atoms with Gasteiger partial charge < -0.3 is 5.32 Å². The summed E-state index contributed by atoms with van der Waals surface area (Å²) in [4.78, 5) is 11.4. The lowest BCUT2D eigenvalue weighted by Crippen LogP contribution is -2.57. The Hall–Kier alpha value is -0.370. The van der Waals surface area contributed by atoms with Crippen LogP contribution in [0.25, 0.3) is 0 Å². The van der Waals surface area contributed by atoms with Crippen molar-refractivity contribution in [3.8, 4) is 0 Å². The van der Waals surface area contributed by atoms with Crippen molar-refractivity contribution < 1.29 is 4.79 Å². The highest BCUT2D eigenvalue weighted by atomic mass is 16.1. The van der Waals surface area contributed by atoms with E-state index in [1.807, 2.05) is 13.8 Å². The summed E-state index contributed by atoms with van der Waals surface area (Å²) in [5.41, 5.74) is -0.0629. The van der Waals surface area contributed by atoms with Crippen LogP contribution < -0.4 is 5.32 Å². The molecule has 11 heavy (non-hydrogen) atoms. The lowest BCUT2D eigenvalue weighted by molar-refractivity contribution is -0.139. The third-order valence-electron chi connectivity index (χ3n) is 2.23. The number of nitrogens with one attached hydrogen (secondary N) is 1. The number of rotatable bonds is 2. The molecule has 0 spiro atoms. The molecule has 1 rings (SSSR count). The van der Waals surface area contributed by atoms with Gasteiger partial charge in [0.15, 0.2) is 5.78 Å². The molecule has 1 fully saturated rings. The van der Waals surface area contributed by atoms with Crippen LogP contribution in [0, 0.1) is 5.41 Å². The molecule has 0 amide bonds. The number of hydrogen-bond donors (Lipinski definition) is 1. The predicted molar refractivity (Wildman–Crippen MR) is 45.5 cm³/mol. The van der Waals surface area contributed by atoms with E-state index in [0.29, 0.717) is 11.8 Å². The van der Waals surface area contributed by atoms with Crippen molar-refractivity contribution in [3.63, 3.8) is 0 Å². The predicted octanol–water partition coefficient (Wildman–Crippen LogP) is 1.35. The fourth-order valence-corrected chi connectivity index (χ4v) is 1.58. The van der Waals surface area contributed by atoms with E-state index in [4.69, 9.17) is 0 Å². The van der Waals surface area contributed by atoms with Crippen LogP contribution in [0.2, 0.25) is 0 Å². The zero-order chi connectivity index (χ0) is 8.65. The Morgan fingerprint density at radius 2 is 2.09 bits per heavy atom. The van der Waals surface area contributed by atoms with Gasteiger partial charge in [-0.1, -0.05) is 27.7 Å². The summed E-state index contributed by atoms with van der Waals surface area (Å²) in [5, 5.41) is 3.24. The summed E-state index contributed by atoms with van der Waals surface area (Å²) >= 11 is 0. The zero-order valence-electron chi connectivity index (χ0n) is 7.77. The molecule has 0 bridgehead atoms. The molecule has 64 valence electrons. The van der Waals surface area contributed by atoms with Crippen molar-refractivity contribution in [2.75, 3.05) is 0 Å². The van der Waals surface area contributed by atoms with E-state index in [9.17, 15) is 4.79 Å². The molecule has 0 saturated heterocycles. The average Bonchev–Trinajstić information content (AvgIpc) is 1.85. The molecule has 0 aromatic carbocycles. The van der Waals surface area contributed by atoms with E-state index >= 15 is 0 Å². The van der Waals surface area contributed by atoms with Crippen molar-refractivity contribution in [3.05, 3.63) is 0 Å². The topological polar surface area (TPSA) is 29.1 Å². The molecule has 1 aliphatic carbocycles. The van der Waals surface area contributed by atoms with E-state index in [1.165, 1.54) is 0 Å². The van der Waals surface area contributed by atoms with Crippen LogP contribution in [0.4, 0.5) is 0 Å². The standard InChI is InChI=1S/C9H17NO/c1-6(2)10-7-5-9(3,4)8(7)11/h6-7,10H,5H2,1-4H3/t7-/m0/s1. The zero-order valence-corrected chi connectivity index (χ0v) is 7.77. The molecule has 0 aromatic rings. The Morgan fingerprint density at radius 3 is 2.36 bits per heavy atom. The van der Waals surface area contributed by atoms with Crippen molar-refractivity contribution in [2.24, 2.45) is 5.41 Å². The van der Waals surface area contributed by atoms with Crippen LogP contribution in [0.15, 0.2) is 0 Å². The molecular formula is C9H17NO. The van der Waals surface area contributed by atoms with Gasteiger partial charge in [-0.05, 0) is 6.42 Å². The highest BCUT2D eigenvalue weighted by Gasteiger charge is 2.45. The van der Waals surface area contributed by atoms with Crippen LogP contribution in [-0.4, -0.2) is 17.9 Å². The van der Waals surface area contributed by atoms with Gasteiger partial charge in [0.05, 0.1) is 6.04 Å².